The first-order valence-corrected chi connectivity index (χ1v) is 19.1. The van der Waals surface area contributed by atoms with Crippen LogP contribution in [-0.2, 0) is 0 Å². The van der Waals surface area contributed by atoms with Crippen LogP contribution in [-0.4, -0.2) is 24.1 Å². The zero-order chi connectivity index (χ0) is 37.5. The SMILES string of the molecule is c1ccc(-c2nc(-c3cccc(-c4ccc5oc6ccccc6c5c4)c3)nc(-n3c4ccccc4c4c3ccc3c5ccccc5n(-c5ccccc5)c34)n2)cc1. The highest BCUT2D eigenvalue weighted by molar-refractivity contribution is 6.26. The number of hydrogen-bond acceptors (Lipinski definition) is 4. The van der Waals surface area contributed by atoms with Crippen molar-refractivity contribution >= 4 is 65.6 Å². The number of rotatable bonds is 5. The number of hydrogen-bond donors (Lipinski definition) is 0. The van der Waals surface area contributed by atoms with Gasteiger partial charge in [0.25, 0.3) is 0 Å². The molecule has 0 unspecified atom stereocenters. The molecule has 57 heavy (non-hydrogen) atoms. The van der Waals surface area contributed by atoms with Crippen LogP contribution >= 0.6 is 0 Å². The molecular formula is C51H31N5O. The van der Waals surface area contributed by atoms with Crippen molar-refractivity contribution in [2.75, 3.05) is 0 Å². The van der Waals surface area contributed by atoms with E-state index in [1.165, 1.54) is 10.8 Å². The van der Waals surface area contributed by atoms with Gasteiger partial charge in [-0.15, -0.1) is 0 Å². The summed E-state index contributed by atoms with van der Waals surface area (Å²) in [6.45, 7) is 0. The molecule has 0 saturated heterocycles. The fourth-order valence-corrected chi connectivity index (χ4v) is 8.62. The maximum Gasteiger partial charge on any atom is 0.238 e. The summed E-state index contributed by atoms with van der Waals surface area (Å²) in [7, 11) is 0. The van der Waals surface area contributed by atoms with Crippen LogP contribution in [0.2, 0.25) is 0 Å². The van der Waals surface area contributed by atoms with E-state index in [-0.39, 0.29) is 0 Å². The highest BCUT2D eigenvalue weighted by Crippen LogP contribution is 2.42. The average molecular weight is 730 g/mol. The Hall–Kier alpha value is -7.83. The number of benzene rings is 8. The van der Waals surface area contributed by atoms with Crippen molar-refractivity contribution in [1.82, 2.24) is 24.1 Å². The van der Waals surface area contributed by atoms with E-state index in [4.69, 9.17) is 19.4 Å². The predicted molar refractivity (Wildman–Crippen MR) is 232 cm³/mol. The number of fused-ring (bicyclic) bond motifs is 10. The summed E-state index contributed by atoms with van der Waals surface area (Å²) in [4.78, 5) is 15.7. The second-order valence-electron chi connectivity index (χ2n) is 14.4. The van der Waals surface area contributed by atoms with Crippen LogP contribution in [0.5, 0.6) is 0 Å². The number of aromatic nitrogens is 5. The third kappa shape index (κ3) is 4.87. The standard InChI is InChI=1S/C51H31N5O/c1-3-14-32(15-4-1)49-52-50(35-17-13-16-33(30-35)34-26-29-46-41(31-34)38-21-9-12-25-45(38)57-46)54-51(53-49)56-43-24-11-8-22-40(43)47-44(56)28-27-39-37-20-7-10-23-42(37)55(48(39)47)36-18-5-2-6-19-36/h1-31H. The van der Waals surface area contributed by atoms with Gasteiger partial charge >= 0.3 is 0 Å². The summed E-state index contributed by atoms with van der Waals surface area (Å²) < 4.78 is 10.7. The first-order valence-electron chi connectivity index (χ1n) is 19.1. The lowest BCUT2D eigenvalue weighted by molar-refractivity contribution is 0.669. The van der Waals surface area contributed by atoms with Gasteiger partial charge in [0.1, 0.15) is 11.2 Å². The van der Waals surface area contributed by atoms with Crippen molar-refractivity contribution in [3.05, 3.63) is 188 Å². The van der Waals surface area contributed by atoms with Gasteiger partial charge < -0.3 is 8.98 Å². The smallest absolute Gasteiger partial charge is 0.238 e. The number of para-hydroxylation sites is 4. The molecule has 0 radical (unpaired) electrons. The third-order valence-corrected chi connectivity index (χ3v) is 11.2. The van der Waals surface area contributed by atoms with Crippen LogP contribution in [0, 0.1) is 0 Å². The molecule has 6 heteroatoms. The highest BCUT2D eigenvalue weighted by atomic mass is 16.3. The van der Waals surface area contributed by atoms with E-state index in [9.17, 15) is 0 Å². The summed E-state index contributed by atoms with van der Waals surface area (Å²) in [6, 6.07) is 65.5. The van der Waals surface area contributed by atoms with E-state index in [0.717, 1.165) is 82.7 Å². The van der Waals surface area contributed by atoms with Crippen LogP contribution in [0.3, 0.4) is 0 Å². The van der Waals surface area contributed by atoms with Crippen molar-refractivity contribution in [1.29, 1.82) is 0 Å². The fraction of sp³-hybridized carbons (Fsp3) is 0. The molecule has 0 N–H and O–H groups in total. The van der Waals surface area contributed by atoms with Gasteiger partial charge in [-0.25, -0.2) is 4.98 Å². The average Bonchev–Trinajstić information content (AvgIpc) is 3.94. The van der Waals surface area contributed by atoms with Crippen LogP contribution in [0.15, 0.2) is 192 Å². The van der Waals surface area contributed by atoms with Gasteiger partial charge in [0.05, 0.1) is 22.1 Å². The molecule has 12 rings (SSSR count). The Morgan fingerprint density at radius 3 is 1.79 bits per heavy atom. The zero-order valence-electron chi connectivity index (χ0n) is 30.5. The minimum absolute atomic E-state index is 0.559. The maximum absolute atomic E-state index is 6.14. The molecule has 4 aromatic heterocycles. The van der Waals surface area contributed by atoms with E-state index in [0.29, 0.717) is 17.6 Å². The lowest BCUT2D eigenvalue weighted by Crippen LogP contribution is -2.06. The van der Waals surface area contributed by atoms with E-state index in [1.807, 2.05) is 30.3 Å². The molecule has 8 aromatic carbocycles. The van der Waals surface area contributed by atoms with Gasteiger partial charge in [0.15, 0.2) is 11.6 Å². The Morgan fingerprint density at radius 2 is 0.965 bits per heavy atom. The largest absolute Gasteiger partial charge is 0.456 e. The van der Waals surface area contributed by atoms with Gasteiger partial charge in [-0.1, -0.05) is 133 Å². The summed E-state index contributed by atoms with van der Waals surface area (Å²) in [5, 5.41) is 6.89. The lowest BCUT2D eigenvalue weighted by atomic mass is 10.0. The van der Waals surface area contributed by atoms with Crippen LogP contribution in [0.25, 0.3) is 111 Å². The molecule has 0 atom stereocenters. The normalized spacial score (nSPS) is 11.9. The molecule has 4 heterocycles. The van der Waals surface area contributed by atoms with E-state index >= 15 is 0 Å². The van der Waals surface area contributed by atoms with Gasteiger partial charge in [0.2, 0.25) is 5.95 Å². The Bertz CT molecular complexity index is 3520. The van der Waals surface area contributed by atoms with Gasteiger partial charge in [-0.2, -0.15) is 9.97 Å². The summed E-state index contributed by atoms with van der Waals surface area (Å²) in [5.41, 5.74) is 11.2. The van der Waals surface area contributed by atoms with Crippen LogP contribution in [0.1, 0.15) is 0 Å². The first kappa shape index (κ1) is 31.5. The Morgan fingerprint density at radius 1 is 0.351 bits per heavy atom. The number of nitrogens with zero attached hydrogens (tertiary/aromatic N) is 5. The Balaban J connectivity index is 1.11. The quantitative estimate of drug-likeness (QED) is 0.177. The lowest BCUT2D eigenvalue weighted by Gasteiger charge is -2.12. The first-order chi connectivity index (χ1) is 28.3. The minimum atomic E-state index is 0.559. The molecule has 0 aliphatic heterocycles. The molecule has 0 fully saturated rings. The topological polar surface area (TPSA) is 61.7 Å². The van der Waals surface area contributed by atoms with Crippen molar-refractivity contribution in [3.8, 4) is 45.5 Å². The zero-order valence-corrected chi connectivity index (χ0v) is 30.5. The Kier molecular flexibility index (Phi) is 6.83. The molecule has 0 saturated carbocycles. The molecule has 6 nitrogen and oxygen atoms in total. The monoisotopic (exact) mass is 729 g/mol. The molecule has 0 aliphatic carbocycles. The number of furan rings is 1. The molecule has 0 aliphatic rings. The summed E-state index contributed by atoms with van der Waals surface area (Å²) >= 11 is 0. The van der Waals surface area contributed by atoms with E-state index in [2.05, 4.69) is 167 Å². The molecule has 0 spiro atoms. The van der Waals surface area contributed by atoms with E-state index in [1.54, 1.807) is 0 Å². The summed E-state index contributed by atoms with van der Waals surface area (Å²) in [5.74, 6) is 1.77. The van der Waals surface area contributed by atoms with Crippen molar-refractivity contribution in [2.24, 2.45) is 0 Å². The van der Waals surface area contributed by atoms with Crippen molar-refractivity contribution in [3.63, 3.8) is 0 Å². The molecule has 0 amide bonds. The molecule has 0 bridgehead atoms. The van der Waals surface area contributed by atoms with E-state index < -0.39 is 0 Å². The van der Waals surface area contributed by atoms with Crippen LogP contribution < -0.4 is 0 Å². The van der Waals surface area contributed by atoms with Gasteiger partial charge in [-0.05, 0) is 65.7 Å². The van der Waals surface area contributed by atoms with Gasteiger partial charge in [0, 0.05) is 49.1 Å². The second kappa shape index (κ2) is 12.3. The fourth-order valence-electron chi connectivity index (χ4n) is 8.62. The second-order valence-corrected chi connectivity index (χ2v) is 14.4. The van der Waals surface area contributed by atoms with Crippen molar-refractivity contribution < 1.29 is 4.42 Å². The van der Waals surface area contributed by atoms with Gasteiger partial charge in [-0.3, -0.25) is 4.57 Å². The highest BCUT2D eigenvalue weighted by Gasteiger charge is 2.23. The van der Waals surface area contributed by atoms with Crippen molar-refractivity contribution in [2.45, 2.75) is 0 Å². The Labute approximate surface area is 326 Å². The molecular weight excluding hydrogens is 699 g/mol. The molecule has 266 valence electrons. The minimum Gasteiger partial charge on any atom is -0.456 e. The predicted octanol–water partition coefficient (Wildman–Crippen LogP) is 13.0. The summed E-state index contributed by atoms with van der Waals surface area (Å²) in [6.07, 6.45) is 0. The maximum atomic E-state index is 6.14. The van der Waals surface area contributed by atoms with Crippen LogP contribution in [0.4, 0.5) is 0 Å². The molecule has 12 aromatic rings. The third-order valence-electron chi connectivity index (χ3n) is 11.2.